The van der Waals surface area contributed by atoms with Crippen molar-refractivity contribution in [3.8, 4) is 5.75 Å². The number of anilines is 2. The molecule has 0 bridgehead atoms. The van der Waals surface area contributed by atoms with E-state index in [0.29, 0.717) is 0 Å². The van der Waals surface area contributed by atoms with Crippen molar-refractivity contribution in [1.82, 2.24) is 0 Å². The van der Waals surface area contributed by atoms with E-state index < -0.39 is 0 Å². The highest BCUT2D eigenvalue weighted by Gasteiger charge is 2.32. The van der Waals surface area contributed by atoms with Gasteiger partial charge >= 0.3 is 0 Å². The minimum Gasteiger partial charge on any atom is -0.496 e. The molecule has 1 N–H and O–H groups in total. The third-order valence-electron chi connectivity index (χ3n) is 5.49. The van der Waals surface area contributed by atoms with Crippen LogP contribution in [0, 0.1) is 0 Å². The molecule has 152 valence electrons. The molecule has 4 nitrogen and oxygen atoms in total. The summed E-state index contributed by atoms with van der Waals surface area (Å²) in [4.78, 5) is 15.1. The van der Waals surface area contributed by atoms with Gasteiger partial charge in [-0.3, -0.25) is 4.79 Å². The van der Waals surface area contributed by atoms with Gasteiger partial charge in [-0.25, -0.2) is 0 Å². The number of rotatable bonds is 5. The number of fused-ring (bicyclic) bond motifs is 1. The van der Waals surface area contributed by atoms with Crippen LogP contribution >= 0.6 is 0 Å². The molecule has 4 rings (SSSR count). The highest BCUT2D eigenvalue weighted by Crippen LogP contribution is 2.39. The number of benzene rings is 3. The van der Waals surface area contributed by atoms with Crippen LogP contribution in [0.25, 0.3) is 6.08 Å². The molecule has 0 fully saturated rings. The topological polar surface area (TPSA) is 41.6 Å². The second-order valence-corrected chi connectivity index (χ2v) is 7.49. The maximum Gasteiger partial charge on any atom is 0.251 e. The minimum atomic E-state index is -0.0287. The average molecular weight is 399 g/mol. The lowest BCUT2D eigenvalue weighted by atomic mass is 9.91. The molecule has 0 saturated heterocycles. The quantitative estimate of drug-likeness (QED) is 0.562. The van der Waals surface area contributed by atoms with Crippen LogP contribution in [0.15, 0.2) is 84.9 Å². The van der Waals surface area contributed by atoms with Crippen molar-refractivity contribution < 1.29 is 9.53 Å². The predicted octanol–water partition coefficient (Wildman–Crippen LogP) is 5.69. The fourth-order valence-electron chi connectivity index (χ4n) is 4.07. The Hall–Kier alpha value is -3.53. The highest BCUT2D eigenvalue weighted by atomic mass is 16.5. The van der Waals surface area contributed by atoms with Crippen LogP contribution < -0.4 is 15.0 Å². The van der Waals surface area contributed by atoms with Crippen molar-refractivity contribution in [3.63, 3.8) is 0 Å². The normalized spacial score (nSPS) is 18.1. The molecule has 3 aromatic carbocycles. The van der Waals surface area contributed by atoms with Crippen LogP contribution in [0.5, 0.6) is 5.75 Å². The van der Waals surface area contributed by atoms with Crippen LogP contribution in [0.1, 0.15) is 30.5 Å². The molecule has 3 aromatic rings. The summed E-state index contributed by atoms with van der Waals surface area (Å²) in [6.07, 6.45) is 4.29. The minimum absolute atomic E-state index is 0.0287. The number of carbonyl (C=O) groups is 1. The summed E-state index contributed by atoms with van der Waals surface area (Å²) in [5.74, 6) is 0.722. The number of amides is 1. The second-order valence-electron chi connectivity index (χ2n) is 7.49. The number of hydrogen-bond donors (Lipinski definition) is 1. The first-order valence-electron chi connectivity index (χ1n) is 10.2. The van der Waals surface area contributed by atoms with Gasteiger partial charge in [0.2, 0.25) is 0 Å². The summed E-state index contributed by atoms with van der Waals surface area (Å²) in [7, 11) is 1.64. The summed E-state index contributed by atoms with van der Waals surface area (Å²) in [5.41, 5.74) is 4.06. The number of methoxy groups -OCH3 is 1. The Balaban J connectivity index is 1.61. The largest absolute Gasteiger partial charge is 0.496 e. The maximum atomic E-state index is 13.2. The van der Waals surface area contributed by atoms with Gasteiger partial charge in [-0.15, -0.1) is 0 Å². The molecular weight excluding hydrogens is 372 g/mol. The third kappa shape index (κ3) is 4.08. The van der Waals surface area contributed by atoms with Gasteiger partial charge in [-0.05, 0) is 49.2 Å². The fraction of sp³-hybridized carbons (Fsp3) is 0.192. The van der Waals surface area contributed by atoms with Crippen molar-refractivity contribution in [2.75, 3.05) is 17.3 Å². The number of para-hydroxylation sites is 3. The van der Waals surface area contributed by atoms with E-state index >= 15 is 0 Å². The number of nitrogens with one attached hydrogen (secondary N) is 1. The molecule has 0 spiro atoms. The summed E-state index contributed by atoms with van der Waals surface area (Å²) in [6.45, 7) is 2.10. The lowest BCUT2D eigenvalue weighted by molar-refractivity contribution is -0.114. The summed E-state index contributed by atoms with van der Waals surface area (Å²) < 4.78 is 5.39. The lowest BCUT2D eigenvalue weighted by Gasteiger charge is -2.39. The molecule has 0 unspecified atom stereocenters. The SMILES string of the molecule is COc1ccccc1C=CC(=O)N1c2ccccc2[C@@H](Nc2ccccc2)C[C@H]1C. The van der Waals surface area contributed by atoms with E-state index in [9.17, 15) is 4.79 Å². The first-order chi connectivity index (χ1) is 14.7. The van der Waals surface area contributed by atoms with Crippen LogP contribution in [0.3, 0.4) is 0 Å². The van der Waals surface area contributed by atoms with E-state index in [2.05, 4.69) is 30.4 Å². The summed E-state index contributed by atoms with van der Waals surface area (Å²) in [5, 5.41) is 3.63. The van der Waals surface area contributed by atoms with Crippen LogP contribution in [0.2, 0.25) is 0 Å². The lowest BCUT2D eigenvalue weighted by Crippen LogP contribution is -2.43. The van der Waals surface area contributed by atoms with Gasteiger partial charge in [0, 0.05) is 29.1 Å². The van der Waals surface area contributed by atoms with Gasteiger partial charge in [-0.2, -0.15) is 0 Å². The highest BCUT2D eigenvalue weighted by molar-refractivity contribution is 6.05. The number of ether oxygens (including phenoxy) is 1. The van der Waals surface area contributed by atoms with Gasteiger partial charge < -0.3 is 15.0 Å². The molecule has 1 amide bonds. The fourth-order valence-corrected chi connectivity index (χ4v) is 4.07. The second kappa shape index (κ2) is 8.87. The van der Waals surface area contributed by atoms with E-state index in [4.69, 9.17) is 4.74 Å². The van der Waals surface area contributed by atoms with Gasteiger partial charge in [-0.1, -0.05) is 54.6 Å². The molecule has 0 radical (unpaired) electrons. The Kier molecular flexibility index (Phi) is 5.84. The number of carbonyl (C=O) groups excluding carboxylic acids is 1. The van der Waals surface area contributed by atoms with E-state index in [0.717, 1.165) is 34.7 Å². The first kappa shape index (κ1) is 19.8. The molecule has 1 heterocycles. The summed E-state index contributed by atoms with van der Waals surface area (Å²) >= 11 is 0. The number of nitrogens with zero attached hydrogens (tertiary/aromatic N) is 1. The Morgan fingerprint density at radius 3 is 2.50 bits per heavy atom. The molecule has 0 aliphatic carbocycles. The van der Waals surface area contributed by atoms with Crippen molar-refractivity contribution in [1.29, 1.82) is 0 Å². The molecule has 0 aromatic heterocycles. The smallest absolute Gasteiger partial charge is 0.251 e. The molecule has 4 heteroatoms. The molecular formula is C26H26N2O2. The monoisotopic (exact) mass is 398 g/mol. The van der Waals surface area contributed by atoms with Crippen molar-refractivity contribution in [3.05, 3.63) is 96.1 Å². The molecule has 1 aliphatic rings. The van der Waals surface area contributed by atoms with Crippen LogP contribution in [0.4, 0.5) is 11.4 Å². The zero-order valence-corrected chi connectivity index (χ0v) is 17.3. The van der Waals surface area contributed by atoms with Crippen molar-refractivity contribution in [2.24, 2.45) is 0 Å². The molecule has 30 heavy (non-hydrogen) atoms. The van der Waals surface area contributed by atoms with E-state index in [1.54, 1.807) is 13.2 Å². The number of hydrogen-bond acceptors (Lipinski definition) is 3. The third-order valence-corrected chi connectivity index (χ3v) is 5.49. The zero-order chi connectivity index (χ0) is 20.9. The Morgan fingerprint density at radius 1 is 1.00 bits per heavy atom. The Labute approximate surface area is 177 Å². The average Bonchev–Trinajstić information content (AvgIpc) is 2.78. The van der Waals surface area contributed by atoms with Crippen molar-refractivity contribution >= 4 is 23.4 Å². The Morgan fingerprint density at radius 2 is 1.70 bits per heavy atom. The van der Waals surface area contributed by atoms with E-state index in [1.165, 1.54) is 0 Å². The van der Waals surface area contributed by atoms with Crippen LogP contribution in [-0.2, 0) is 4.79 Å². The molecule has 1 aliphatic heterocycles. The van der Waals surface area contributed by atoms with E-state index in [1.807, 2.05) is 71.6 Å². The standard InChI is InChI=1S/C26H26N2O2/c1-19-18-23(27-21-11-4-3-5-12-21)22-13-7-8-14-24(22)28(19)26(29)17-16-20-10-6-9-15-25(20)30-2/h3-17,19,23,27H,18H2,1-2H3/t19-,23+/m1/s1. The molecule has 2 atom stereocenters. The zero-order valence-electron chi connectivity index (χ0n) is 17.3. The first-order valence-corrected chi connectivity index (χ1v) is 10.2. The maximum absolute atomic E-state index is 13.2. The van der Waals surface area contributed by atoms with Gasteiger partial charge in [0.25, 0.3) is 5.91 Å². The van der Waals surface area contributed by atoms with E-state index in [-0.39, 0.29) is 18.0 Å². The Bertz CT molecular complexity index is 1050. The van der Waals surface area contributed by atoms with Gasteiger partial charge in [0.1, 0.15) is 5.75 Å². The van der Waals surface area contributed by atoms with Gasteiger partial charge in [0.15, 0.2) is 0 Å². The van der Waals surface area contributed by atoms with Crippen molar-refractivity contribution in [2.45, 2.75) is 25.4 Å². The van der Waals surface area contributed by atoms with Gasteiger partial charge in [0.05, 0.1) is 13.2 Å². The molecule has 0 saturated carbocycles. The predicted molar refractivity (Wildman–Crippen MR) is 123 cm³/mol. The summed E-state index contributed by atoms with van der Waals surface area (Å²) in [6, 6.07) is 26.3. The van der Waals surface area contributed by atoms with Crippen LogP contribution in [-0.4, -0.2) is 19.1 Å².